The molecule has 4 fully saturated rings. The van der Waals surface area contributed by atoms with Crippen LogP contribution in [0.3, 0.4) is 0 Å². The summed E-state index contributed by atoms with van der Waals surface area (Å²) >= 11 is 0. The molecule has 1 aromatic rings. The van der Waals surface area contributed by atoms with Gasteiger partial charge in [0.25, 0.3) is 0 Å². The predicted octanol–water partition coefficient (Wildman–Crippen LogP) is 1.94. The Hall–Kier alpha value is -1.63. The third-order valence-corrected chi connectivity index (χ3v) is 6.35. The molecule has 2 unspecified atom stereocenters. The number of piperidine rings is 1. The quantitative estimate of drug-likeness (QED) is 0.827. The zero-order chi connectivity index (χ0) is 18.8. The molecule has 2 bridgehead atoms. The number of hydrogen-bond acceptors (Lipinski definition) is 5. The van der Waals surface area contributed by atoms with Crippen LogP contribution in [0.15, 0.2) is 24.3 Å². The Bertz CT molecular complexity index is 667. The molecule has 6 heteroatoms. The van der Waals surface area contributed by atoms with Gasteiger partial charge in [-0.05, 0) is 55.8 Å². The van der Waals surface area contributed by atoms with Crippen LogP contribution < -0.4 is 15.6 Å². The highest BCUT2D eigenvalue weighted by molar-refractivity contribution is 5.82. The van der Waals surface area contributed by atoms with Gasteiger partial charge < -0.3 is 9.64 Å². The SMILES string of the molecule is CCCN1C[C@H]2CC[C@@H]1CN(C(=O)C1CC(c3cccc(OC)c3)NN1)C2. The molecule has 0 radical (unpaired) electrons. The Morgan fingerprint density at radius 2 is 2.11 bits per heavy atom. The molecular weight excluding hydrogens is 340 g/mol. The van der Waals surface area contributed by atoms with Gasteiger partial charge in [0, 0.05) is 31.7 Å². The zero-order valence-electron chi connectivity index (χ0n) is 16.5. The standard InChI is InChI=1S/C21H32N4O2/c1-3-9-24-12-15-7-8-17(24)14-25(13-15)21(26)20-11-19(22-23-20)16-5-4-6-18(10-16)27-2/h4-6,10,15,17,19-20,22-23H,3,7-9,11-14H2,1-2H3/t15-,17-,19?,20?/m1/s1. The van der Waals surface area contributed by atoms with Crippen LogP contribution in [-0.2, 0) is 4.79 Å². The highest BCUT2D eigenvalue weighted by Gasteiger charge is 2.39. The lowest BCUT2D eigenvalue weighted by atomic mass is 9.95. The van der Waals surface area contributed by atoms with E-state index in [9.17, 15) is 4.79 Å². The summed E-state index contributed by atoms with van der Waals surface area (Å²) < 4.78 is 5.33. The van der Waals surface area contributed by atoms with Crippen molar-refractivity contribution in [3.8, 4) is 5.75 Å². The Kier molecular flexibility index (Phi) is 5.66. The second-order valence-corrected chi connectivity index (χ2v) is 8.24. The first-order valence-electron chi connectivity index (χ1n) is 10.4. The maximum Gasteiger partial charge on any atom is 0.241 e. The number of carbonyl (C=O) groups excluding carboxylic acids is 1. The molecule has 148 valence electrons. The van der Waals surface area contributed by atoms with Crippen molar-refractivity contribution < 1.29 is 9.53 Å². The number of methoxy groups -OCH3 is 1. The number of hydrogen-bond donors (Lipinski definition) is 2. The highest BCUT2D eigenvalue weighted by atomic mass is 16.5. The van der Waals surface area contributed by atoms with E-state index in [0.717, 1.165) is 43.9 Å². The van der Waals surface area contributed by atoms with Crippen molar-refractivity contribution >= 4 is 5.91 Å². The van der Waals surface area contributed by atoms with Gasteiger partial charge in [-0.2, -0.15) is 0 Å². The molecule has 4 heterocycles. The van der Waals surface area contributed by atoms with Gasteiger partial charge in [0.1, 0.15) is 11.8 Å². The van der Waals surface area contributed by atoms with Crippen LogP contribution in [0, 0.1) is 5.92 Å². The van der Waals surface area contributed by atoms with Crippen LogP contribution in [0.4, 0.5) is 0 Å². The topological polar surface area (TPSA) is 56.8 Å². The Morgan fingerprint density at radius 1 is 1.22 bits per heavy atom. The minimum absolute atomic E-state index is 0.134. The fraction of sp³-hybridized carbons (Fsp3) is 0.667. The zero-order valence-corrected chi connectivity index (χ0v) is 16.5. The molecule has 2 N–H and O–H groups in total. The van der Waals surface area contributed by atoms with Gasteiger partial charge in [-0.1, -0.05) is 19.1 Å². The molecule has 1 aromatic carbocycles. The summed E-state index contributed by atoms with van der Waals surface area (Å²) in [6, 6.07) is 8.59. The van der Waals surface area contributed by atoms with Crippen molar-refractivity contribution in [2.24, 2.45) is 5.92 Å². The van der Waals surface area contributed by atoms with Crippen LogP contribution in [0.2, 0.25) is 0 Å². The van der Waals surface area contributed by atoms with Gasteiger partial charge in [0.2, 0.25) is 5.91 Å². The van der Waals surface area contributed by atoms with E-state index < -0.39 is 0 Å². The van der Waals surface area contributed by atoms with Crippen molar-refractivity contribution in [2.45, 2.75) is 50.7 Å². The maximum absolute atomic E-state index is 13.2. The number of hydrazine groups is 1. The van der Waals surface area contributed by atoms with Gasteiger partial charge in [0.15, 0.2) is 0 Å². The highest BCUT2D eigenvalue weighted by Crippen LogP contribution is 2.30. The van der Waals surface area contributed by atoms with Crippen molar-refractivity contribution in [1.29, 1.82) is 0 Å². The smallest absolute Gasteiger partial charge is 0.241 e. The fourth-order valence-corrected chi connectivity index (χ4v) is 4.94. The Morgan fingerprint density at radius 3 is 2.93 bits per heavy atom. The monoisotopic (exact) mass is 372 g/mol. The summed E-state index contributed by atoms with van der Waals surface area (Å²) in [5.74, 6) is 1.73. The third kappa shape index (κ3) is 3.98. The second kappa shape index (κ2) is 8.17. The lowest BCUT2D eigenvalue weighted by Gasteiger charge is -2.35. The van der Waals surface area contributed by atoms with E-state index in [-0.39, 0.29) is 18.0 Å². The van der Waals surface area contributed by atoms with Crippen LogP contribution >= 0.6 is 0 Å². The van der Waals surface area contributed by atoms with Gasteiger partial charge in [0.05, 0.1) is 7.11 Å². The van der Waals surface area contributed by atoms with Gasteiger partial charge in [-0.3, -0.25) is 9.69 Å². The summed E-state index contributed by atoms with van der Waals surface area (Å²) in [5, 5.41) is 0. The number of benzene rings is 1. The Labute approximate surface area is 162 Å². The van der Waals surface area contributed by atoms with Gasteiger partial charge >= 0.3 is 0 Å². The van der Waals surface area contributed by atoms with E-state index in [0.29, 0.717) is 12.0 Å². The summed E-state index contributed by atoms with van der Waals surface area (Å²) in [6.07, 6.45) is 4.46. The summed E-state index contributed by atoms with van der Waals surface area (Å²) in [5.41, 5.74) is 7.72. The molecule has 0 spiro atoms. The maximum atomic E-state index is 13.2. The minimum atomic E-state index is -0.154. The van der Waals surface area contributed by atoms with Crippen LogP contribution in [0.25, 0.3) is 0 Å². The average Bonchev–Trinajstić information content (AvgIpc) is 3.02. The van der Waals surface area contributed by atoms with Crippen molar-refractivity contribution in [3.63, 3.8) is 0 Å². The van der Waals surface area contributed by atoms with E-state index in [4.69, 9.17) is 4.74 Å². The van der Waals surface area contributed by atoms with Gasteiger partial charge in [-0.25, -0.2) is 10.9 Å². The molecule has 6 nitrogen and oxygen atoms in total. The Balaban J connectivity index is 1.40. The number of nitrogens with one attached hydrogen (secondary N) is 2. The number of carbonyl (C=O) groups is 1. The van der Waals surface area contributed by atoms with Crippen molar-refractivity contribution in [1.82, 2.24) is 20.7 Å². The first-order chi connectivity index (χ1) is 13.2. The molecule has 1 amide bonds. The fourth-order valence-electron chi connectivity index (χ4n) is 4.94. The van der Waals surface area contributed by atoms with Crippen LogP contribution in [-0.4, -0.2) is 61.1 Å². The van der Waals surface area contributed by atoms with Crippen molar-refractivity contribution in [3.05, 3.63) is 29.8 Å². The first-order valence-corrected chi connectivity index (χ1v) is 10.4. The van der Waals surface area contributed by atoms with Crippen molar-refractivity contribution in [2.75, 3.05) is 33.3 Å². The molecule has 4 aliphatic rings. The van der Waals surface area contributed by atoms with E-state index in [1.54, 1.807) is 7.11 Å². The number of rotatable bonds is 5. The molecule has 4 aliphatic heterocycles. The normalized spacial score (nSPS) is 31.1. The summed E-state index contributed by atoms with van der Waals surface area (Å²) in [7, 11) is 1.68. The lowest BCUT2D eigenvalue weighted by Crippen LogP contribution is -2.48. The molecule has 0 aromatic heterocycles. The second-order valence-electron chi connectivity index (χ2n) is 8.24. The largest absolute Gasteiger partial charge is 0.497 e. The van der Waals surface area contributed by atoms with Gasteiger partial charge in [-0.15, -0.1) is 0 Å². The van der Waals surface area contributed by atoms with E-state index in [2.05, 4.69) is 33.6 Å². The number of fused-ring (bicyclic) bond motifs is 4. The summed E-state index contributed by atoms with van der Waals surface area (Å²) in [6.45, 7) is 6.36. The van der Waals surface area contributed by atoms with E-state index in [1.165, 1.54) is 19.3 Å². The molecule has 0 saturated carbocycles. The average molecular weight is 373 g/mol. The first kappa shape index (κ1) is 18.7. The lowest BCUT2D eigenvalue weighted by molar-refractivity contribution is -0.133. The van der Waals surface area contributed by atoms with Crippen LogP contribution in [0.5, 0.6) is 5.75 Å². The predicted molar refractivity (Wildman–Crippen MR) is 105 cm³/mol. The molecule has 5 rings (SSSR count). The number of amides is 1. The molecule has 0 aliphatic carbocycles. The van der Waals surface area contributed by atoms with E-state index in [1.807, 2.05) is 18.2 Å². The molecular formula is C21H32N4O2. The number of nitrogens with zero attached hydrogens (tertiary/aromatic N) is 2. The minimum Gasteiger partial charge on any atom is -0.497 e. The van der Waals surface area contributed by atoms with E-state index >= 15 is 0 Å². The number of ether oxygens (including phenoxy) is 1. The molecule has 4 atom stereocenters. The summed E-state index contributed by atoms with van der Waals surface area (Å²) in [4.78, 5) is 18.0. The molecule has 4 saturated heterocycles. The third-order valence-electron chi connectivity index (χ3n) is 6.35. The molecule has 27 heavy (non-hydrogen) atoms. The van der Waals surface area contributed by atoms with Crippen LogP contribution in [0.1, 0.15) is 44.2 Å².